The average molecular weight is 400 g/mol. The number of anilines is 2. The maximum atomic E-state index is 12.7. The molecular formula is C22H26ClN3O2. The lowest BCUT2D eigenvalue weighted by Crippen LogP contribution is -2.30. The van der Waals surface area contributed by atoms with Gasteiger partial charge in [-0.05, 0) is 61.1 Å². The first-order valence-electron chi connectivity index (χ1n) is 9.67. The highest BCUT2D eigenvalue weighted by molar-refractivity contribution is 5.97. The fourth-order valence-corrected chi connectivity index (χ4v) is 3.49. The monoisotopic (exact) mass is 399 g/mol. The molecule has 0 atom stereocenters. The first kappa shape index (κ1) is 20.4. The van der Waals surface area contributed by atoms with Crippen LogP contribution in [0.4, 0.5) is 11.4 Å². The Balaban J connectivity index is 0.00000225. The van der Waals surface area contributed by atoms with Crippen LogP contribution in [0, 0.1) is 5.92 Å². The van der Waals surface area contributed by atoms with Gasteiger partial charge in [-0.2, -0.15) is 0 Å². The minimum Gasteiger partial charge on any atom is -0.325 e. The molecule has 2 aromatic rings. The summed E-state index contributed by atoms with van der Waals surface area (Å²) in [7, 11) is 0. The molecule has 0 aromatic heterocycles. The predicted octanol–water partition coefficient (Wildman–Crippen LogP) is 3.18. The van der Waals surface area contributed by atoms with Crippen LogP contribution >= 0.6 is 12.4 Å². The smallest absolute Gasteiger partial charge is 0.238 e. The molecule has 0 radical (unpaired) electrons. The lowest BCUT2D eigenvalue weighted by atomic mass is 10.1. The largest absolute Gasteiger partial charge is 0.325 e. The number of nitrogens with zero attached hydrogens (tertiary/aromatic N) is 1. The summed E-state index contributed by atoms with van der Waals surface area (Å²) in [5.74, 6) is 0.839. The molecule has 2 aromatic carbocycles. The maximum Gasteiger partial charge on any atom is 0.238 e. The van der Waals surface area contributed by atoms with Crippen LogP contribution in [0.1, 0.15) is 24.0 Å². The second-order valence-electron chi connectivity index (χ2n) is 7.42. The van der Waals surface area contributed by atoms with Crippen molar-refractivity contribution in [1.29, 1.82) is 0 Å². The number of hydrogen-bond donors (Lipinski definition) is 2. The number of amides is 2. The molecule has 2 aliphatic rings. The van der Waals surface area contributed by atoms with E-state index in [1.54, 1.807) is 0 Å². The maximum absolute atomic E-state index is 12.7. The van der Waals surface area contributed by atoms with Gasteiger partial charge in [-0.1, -0.05) is 30.3 Å². The highest BCUT2D eigenvalue weighted by Gasteiger charge is 2.24. The van der Waals surface area contributed by atoms with Crippen molar-refractivity contribution in [1.82, 2.24) is 5.32 Å². The highest BCUT2D eigenvalue weighted by atomic mass is 35.5. The number of hydrogen-bond acceptors (Lipinski definition) is 3. The molecule has 0 spiro atoms. The van der Waals surface area contributed by atoms with E-state index in [0.29, 0.717) is 13.0 Å². The number of carbonyl (C=O) groups excluding carboxylic acids is 2. The van der Waals surface area contributed by atoms with Gasteiger partial charge in [-0.25, -0.2) is 0 Å². The zero-order valence-corrected chi connectivity index (χ0v) is 16.6. The van der Waals surface area contributed by atoms with E-state index < -0.39 is 0 Å². The average Bonchev–Trinajstić information content (AvgIpc) is 3.39. The van der Waals surface area contributed by atoms with E-state index in [4.69, 9.17) is 0 Å². The molecule has 5 nitrogen and oxygen atoms in total. The van der Waals surface area contributed by atoms with Crippen LogP contribution in [-0.2, 0) is 22.4 Å². The van der Waals surface area contributed by atoms with Crippen LogP contribution < -0.4 is 15.5 Å². The molecule has 0 bridgehead atoms. The second-order valence-corrected chi connectivity index (χ2v) is 7.42. The van der Waals surface area contributed by atoms with Gasteiger partial charge in [-0.15, -0.1) is 12.4 Å². The van der Waals surface area contributed by atoms with Crippen LogP contribution in [0.2, 0.25) is 0 Å². The summed E-state index contributed by atoms with van der Waals surface area (Å²) in [5.41, 5.74) is 3.98. The number of nitrogens with one attached hydrogen (secondary N) is 2. The van der Waals surface area contributed by atoms with E-state index >= 15 is 0 Å². The van der Waals surface area contributed by atoms with Crippen molar-refractivity contribution < 1.29 is 9.59 Å². The standard InChI is InChI=1S/C22H25N3O2.ClH/c26-21(15-23-14-17-5-6-17)24-19-9-7-16(8-10-19)13-22(27)25-12-11-18-3-1-2-4-20(18)25;/h1-4,7-10,17,23H,5-6,11-15H2,(H,24,26);1H. The Morgan fingerprint density at radius 2 is 1.79 bits per heavy atom. The summed E-state index contributed by atoms with van der Waals surface area (Å²) >= 11 is 0. The molecule has 1 fully saturated rings. The van der Waals surface area contributed by atoms with Gasteiger partial charge in [0.25, 0.3) is 0 Å². The number of benzene rings is 2. The van der Waals surface area contributed by atoms with Crippen molar-refractivity contribution in [2.24, 2.45) is 5.92 Å². The zero-order valence-electron chi connectivity index (χ0n) is 15.8. The summed E-state index contributed by atoms with van der Waals surface area (Å²) in [5, 5.41) is 6.07. The molecule has 1 aliphatic carbocycles. The summed E-state index contributed by atoms with van der Waals surface area (Å²) in [6.07, 6.45) is 3.84. The van der Waals surface area contributed by atoms with Crippen LogP contribution in [-0.4, -0.2) is 31.4 Å². The zero-order chi connectivity index (χ0) is 18.6. The van der Waals surface area contributed by atoms with Crippen molar-refractivity contribution in [2.75, 3.05) is 29.9 Å². The molecule has 1 saturated carbocycles. The molecule has 1 heterocycles. The van der Waals surface area contributed by atoms with E-state index in [1.165, 1.54) is 18.4 Å². The number of halogens is 1. The van der Waals surface area contributed by atoms with Crippen LogP contribution in [0.3, 0.4) is 0 Å². The number of carbonyl (C=O) groups is 2. The molecule has 0 saturated heterocycles. The normalized spacial score (nSPS) is 14.9. The van der Waals surface area contributed by atoms with Gasteiger partial charge in [0, 0.05) is 17.9 Å². The highest BCUT2D eigenvalue weighted by Crippen LogP contribution is 2.28. The van der Waals surface area contributed by atoms with E-state index in [9.17, 15) is 9.59 Å². The Labute approximate surface area is 171 Å². The molecule has 0 unspecified atom stereocenters. The van der Waals surface area contributed by atoms with Crippen molar-refractivity contribution in [2.45, 2.75) is 25.7 Å². The van der Waals surface area contributed by atoms with Crippen LogP contribution in [0.15, 0.2) is 48.5 Å². The minimum absolute atomic E-state index is 0. The molecule has 2 N–H and O–H groups in total. The Morgan fingerprint density at radius 3 is 2.54 bits per heavy atom. The number of para-hydroxylation sites is 1. The molecular weight excluding hydrogens is 374 g/mol. The van der Waals surface area contributed by atoms with Gasteiger partial charge in [0.2, 0.25) is 11.8 Å². The van der Waals surface area contributed by atoms with E-state index in [1.807, 2.05) is 47.4 Å². The lowest BCUT2D eigenvalue weighted by molar-refractivity contribution is -0.118. The molecule has 2 amide bonds. The Morgan fingerprint density at radius 1 is 1.04 bits per heavy atom. The van der Waals surface area contributed by atoms with Gasteiger partial charge < -0.3 is 15.5 Å². The van der Waals surface area contributed by atoms with Crippen LogP contribution in [0.25, 0.3) is 0 Å². The summed E-state index contributed by atoms with van der Waals surface area (Å²) in [4.78, 5) is 26.5. The number of rotatable bonds is 7. The second kappa shape index (κ2) is 9.22. The topological polar surface area (TPSA) is 61.4 Å². The third-order valence-electron chi connectivity index (χ3n) is 5.20. The number of fused-ring (bicyclic) bond motifs is 1. The van der Waals surface area contributed by atoms with E-state index in [0.717, 1.165) is 42.4 Å². The Bertz CT molecular complexity index is 834. The minimum atomic E-state index is -0.0341. The van der Waals surface area contributed by atoms with Crippen molar-refractivity contribution in [3.8, 4) is 0 Å². The van der Waals surface area contributed by atoms with Crippen molar-refractivity contribution >= 4 is 35.6 Å². The van der Waals surface area contributed by atoms with Gasteiger partial charge in [0.05, 0.1) is 13.0 Å². The molecule has 1 aliphatic heterocycles. The fourth-order valence-electron chi connectivity index (χ4n) is 3.49. The quantitative estimate of drug-likeness (QED) is 0.751. The molecule has 4 rings (SSSR count). The van der Waals surface area contributed by atoms with Gasteiger partial charge in [0.15, 0.2) is 0 Å². The Kier molecular flexibility index (Phi) is 6.70. The van der Waals surface area contributed by atoms with Crippen molar-refractivity contribution in [3.05, 3.63) is 59.7 Å². The van der Waals surface area contributed by atoms with Crippen molar-refractivity contribution in [3.63, 3.8) is 0 Å². The Hall–Kier alpha value is -2.37. The summed E-state index contributed by atoms with van der Waals surface area (Å²) < 4.78 is 0. The lowest BCUT2D eigenvalue weighted by Gasteiger charge is -2.17. The third-order valence-corrected chi connectivity index (χ3v) is 5.20. The third kappa shape index (κ3) is 5.12. The molecule has 28 heavy (non-hydrogen) atoms. The van der Waals surface area contributed by atoms with E-state index in [-0.39, 0.29) is 24.2 Å². The first-order valence-corrected chi connectivity index (χ1v) is 9.67. The van der Waals surface area contributed by atoms with Gasteiger partial charge >= 0.3 is 0 Å². The molecule has 6 heteroatoms. The van der Waals surface area contributed by atoms with Gasteiger partial charge in [0.1, 0.15) is 0 Å². The predicted molar refractivity (Wildman–Crippen MR) is 114 cm³/mol. The fraction of sp³-hybridized carbons (Fsp3) is 0.364. The summed E-state index contributed by atoms with van der Waals surface area (Å²) in [6.45, 7) is 2.01. The van der Waals surface area contributed by atoms with Gasteiger partial charge in [-0.3, -0.25) is 9.59 Å². The summed E-state index contributed by atoms with van der Waals surface area (Å²) in [6, 6.07) is 15.6. The first-order chi connectivity index (χ1) is 13.2. The van der Waals surface area contributed by atoms with Crippen LogP contribution in [0.5, 0.6) is 0 Å². The van der Waals surface area contributed by atoms with E-state index in [2.05, 4.69) is 16.7 Å². The molecule has 148 valence electrons. The SMILES string of the molecule is Cl.O=C(CNCC1CC1)Nc1ccc(CC(=O)N2CCc3ccccc32)cc1.